The highest BCUT2D eigenvalue weighted by molar-refractivity contribution is 6.33. The standard InChI is InChI=1S/C19H22ClN3O2/c20-17-4-2-1-3-16(17)18-10-15(25-22-18)11-21-19(24)7-8-23-12-13-5-6-14(23)9-13/h1-4,10,13-14H,5-9,11-12H2,(H,21,24)/t13-,14+/m1/s1. The molecule has 0 unspecified atom stereocenters. The Morgan fingerprint density at radius 3 is 3.00 bits per heavy atom. The lowest BCUT2D eigenvalue weighted by Gasteiger charge is -2.26. The molecule has 1 saturated carbocycles. The quantitative estimate of drug-likeness (QED) is 0.857. The molecule has 1 aliphatic carbocycles. The number of nitrogens with one attached hydrogen (secondary N) is 1. The number of likely N-dealkylation sites (tertiary alicyclic amines) is 1. The van der Waals surface area contributed by atoms with Crippen molar-refractivity contribution in [3.63, 3.8) is 0 Å². The molecule has 1 N–H and O–H groups in total. The van der Waals surface area contributed by atoms with Crippen molar-refractivity contribution in [3.05, 3.63) is 41.1 Å². The van der Waals surface area contributed by atoms with Crippen LogP contribution in [0, 0.1) is 5.92 Å². The summed E-state index contributed by atoms with van der Waals surface area (Å²) >= 11 is 6.17. The van der Waals surface area contributed by atoms with E-state index in [0.717, 1.165) is 18.0 Å². The predicted octanol–water partition coefficient (Wildman–Crippen LogP) is 3.49. The number of hydrogen-bond acceptors (Lipinski definition) is 4. The first-order valence-corrected chi connectivity index (χ1v) is 9.28. The van der Waals surface area contributed by atoms with Gasteiger partial charge in [0.25, 0.3) is 0 Å². The maximum atomic E-state index is 12.1. The second-order valence-corrected chi connectivity index (χ2v) is 7.42. The maximum absolute atomic E-state index is 12.1. The van der Waals surface area contributed by atoms with Gasteiger partial charge in [-0.3, -0.25) is 9.69 Å². The third-order valence-corrected chi connectivity index (χ3v) is 5.65. The van der Waals surface area contributed by atoms with Crippen molar-refractivity contribution in [2.75, 3.05) is 13.1 Å². The van der Waals surface area contributed by atoms with Crippen LogP contribution in [0.25, 0.3) is 11.3 Å². The average molecular weight is 360 g/mol. The average Bonchev–Trinajstić information content (AvgIpc) is 3.35. The molecule has 1 aromatic carbocycles. The number of nitrogens with zero attached hydrogens (tertiary/aromatic N) is 2. The number of benzene rings is 1. The molecule has 4 rings (SSSR count). The lowest BCUT2D eigenvalue weighted by molar-refractivity contribution is -0.121. The van der Waals surface area contributed by atoms with Crippen LogP contribution in [-0.4, -0.2) is 35.1 Å². The Bertz CT molecular complexity index is 761. The van der Waals surface area contributed by atoms with Crippen LogP contribution >= 0.6 is 11.6 Å². The summed E-state index contributed by atoms with van der Waals surface area (Å²) in [5.41, 5.74) is 1.51. The van der Waals surface area contributed by atoms with E-state index >= 15 is 0 Å². The van der Waals surface area contributed by atoms with Crippen LogP contribution < -0.4 is 5.32 Å². The second-order valence-electron chi connectivity index (χ2n) is 7.01. The van der Waals surface area contributed by atoms with Gasteiger partial charge in [0.05, 0.1) is 11.6 Å². The Balaban J connectivity index is 1.26. The van der Waals surface area contributed by atoms with E-state index in [4.69, 9.17) is 16.1 Å². The first-order valence-electron chi connectivity index (χ1n) is 8.90. The molecule has 132 valence electrons. The molecule has 2 fully saturated rings. The van der Waals surface area contributed by atoms with E-state index in [1.807, 2.05) is 30.3 Å². The molecule has 1 aromatic heterocycles. The molecular formula is C19H22ClN3O2. The molecular weight excluding hydrogens is 338 g/mol. The van der Waals surface area contributed by atoms with Gasteiger partial charge in [-0.1, -0.05) is 35.0 Å². The third-order valence-electron chi connectivity index (χ3n) is 5.32. The Labute approximate surface area is 152 Å². The molecule has 2 atom stereocenters. The lowest BCUT2D eigenvalue weighted by atomic mass is 10.1. The topological polar surface area (TPSA) is 58.4 Å². The number of carbonyl (C=O) groups is 1. The van der Waals surface area contributed by atoms with Crippen molar-refractivity contribution in [3.8, 4) is 11.3 Å². The number of amides is 1. The summed E-state index contributed by atoms with van der Waals surface area (Å²) in [7, 11) is 0. The molecule has 2 aliphatic rings. The van der Waals surface area contributed by atoms with Gasteiger partial charge in [-0.2, -0.15) is 0 Å². The molecule has 0 radical (unpaired) electrons. The third kappa shape index (κ3) is 3.72. The van der Waals surface area contributed by atoms with Gasteiger partial charge < -0.3 is 9.84 Å². The predicted molar refractivity (Wildman–Crippen MR) is 96.1 cm³/mol. The van der Waals surface area contributed by atoms with E-state index in [1.54, 1.807) is 0 Å². The molecule has 5 nitrogen and oxygen atoms in total. The minimum Gasteiger partial charge on any atom is -0.359 e. The van der Waals surface area contributed by atoms with E-state index in [-0.39, 0.29) is 5.91 Å². The van der Waals surface area contributed by atoms with Crippen molar-refractivity contribution in [2.45, 2.75) is 38.3 Å². The van der Waals surface area contributed by atoms with E-state index in [0.29, 0.717) is 35.5 Å². The maximum Gasteiger partial charge on any atom is 0.221 e. The van der Waals surface area contributed by atoms with Gasteiger partial charge in [-0.15, -0.1) is 0 Å². The van der Waals surface area contributed by atoms with E-state index in [9.17, 15) is 4.79 Å². The Morgan fingerprint density at radius 1 is 1.36 bits per heavy atom. The second kappa shape index (κ2) is 7.18. The van der Waals surface area contributed by atoms with Crippen LogP contribution in [0.2, 0.25) is 5.02 Å². The van der Waals surface area contributed by atoms with Crippen LogP contribution in [0.1, 0.15) is 31.4 Å². The Morgan fingerprint density at radius 2 is 2.24 bits per heavy atom. The SMILES string of the molecule is O=C(CCN1C[C@@H]2CC[C@H]1C2)NCc1cc(-c2ccccc2Cl)no1. The molecule has 1 saturated heterocycles. The molecule has 2 bridgehead atoms. The number of piperidine rings is 1. The Hall–Kier alpha value is -1.85. The van der Waals surface area contributed by atoms with Gasteiger partial charge in [0.15, 0.2) is 5.76 Å². The summed E-state index contributed by atoms with van der Waals surface area (Å²) in [6.07, 6.45) is 4.53. The molecule has 25 heavy (non-hydrogen) atoms. The van der Waals surface area contributed by atoms with Crippen molar-refractivity contribution < 1.29 is 9.32 Å². The molecule has 1 aliphatic heterocycles. The van der Waals surface area contributed by atoms with Crippen LogP contribution in [0.5, 0.6) is 0 Å². The highest BCUT2D eigenvalue weighted by atomic mass is 35.5. The smallest absolute Gasteiger partial charge is 0.221 e. The fraction of sp³-hybridized carbons (Fsp3) is 0.474. The fourth-order valence-corrected chi connectivity index (χ4v) is 4.24. The summed E-state index contributed by atoms with van der Waals surface area (Å²) in [6, 6.07) is 10.0. The number of halogens is 1. The summed E-state index contributed by atoms with van der Waals surface area (Å²) in [5.74, 6) is 1.55. The highest BCUT2D eigenvalue weighted by Gasteiger charge is 2.37. The van der Waals surface area contributed by atoms with Gasteiger partial charge in [-0.05, 0) is 31.2 Å². The Kier molecular flexibility index (Phi) is 4.77. The fourth-order valence-electron chi connectivity index (χ4n) is 4.01. The van der Waals surface area contributed by atoms with Crippen molar-refractivity contribution >= 4 is 17.5 Å². The van der Waals surface area contributed by atoms with Crippen molar-refractivity contribution in [2.24, 2.45) is 5.92 Å². The van der Waals surface area contributed by atoms with Gasteiger partial charge in [0, 0.05) is 37.2 Å². The molecule has 0 spiro atoms. The molecule has 1 amide bonds. The van der Waals surface area contributed by atoms with Gasteiger partial charge >= 0.3 is 0 Å². The minimum atomic E-state index is 0.0541. The first-order chi connectivity index (χ1) is 12.2. The number of hydrogen-bond donors (Lipinski definition) is 1. The zero-order valence-corrected chi connectivity index (χ0v) is 14.8. The van der Waals surface area contributed by atoms with Crippen LogP contribution in [-0.2, 0) is 11.3 Å². The number of fused-ring (bicyclic) bond motifs is 2. The van der Waals surface area contributed by atoms with Crippen LogP contribution in [0.15, 0.2) is 34.9 Å². The number of aromatic nitrogens is 1. The van der Waals surface area contributed by atoms with Crippen LogP contribution in [0.4, 0.5) is 0 Å². The first kappa shape index (κ1) is 16.6. The summed E-state index contributed by atoms with van der Waals surface area (Å²) in [6.45, 7) is 2.37. The number of carbonyl (C=O) groups excluding carboxylic acids is 1. The van der Waals surface area contributed by atoms with Crippen LogP contribution in [0.3, 0.4) is 0 Å². The van der Waals surface area contributed by atoms with Gasteiger partial charge in [-0.25, -0.2) is 0 Å². The zero-order valence-electron chi connectivity index (χ0n) is 14.1. The summed E-state index contributed by atoms with van der Waals surface area (Å²) in [4.78, 5) is 14.6. The highest BCUT2D eigenvalue weighted by Crippen LogP contribution is 2.37. The summed E-state index contributed by atoms with van der Waals surface area (Å²) in [5, 5.41) is 7.59. The minimum absolute atomic E-state index is 0.0541. The molecule has 2 heterocycles. The number of rotatable bonds is 6. The van der Waals surface area contributed by atoms with E-state index in [1.165, 1.54) is 25.8 Å². The molecule has 6 heteroatoms. The largest absolute Gasteiger partial charge is 0.359 e. The monoisotopic (exact) mass is 359 g/mol. The van der Waals surface area contributed by atoms with E-state index < -0.39 is 0 Å². The zero-order chi connectivity index (χ0) is 17.2. The lowest BCUT2D eigenvalue weighted by Crippen LogP contribution is -2.35. The summed E-state index contributed by atoms with van der Waals surface area (Å²) < 4.78 is 5.31. The van der Waals surface area contributed by atoms with Crippen molar-refractivity contribution in [1.29, 1.82) is 0 Å². The van der Waals surface area contributed by atoms with Gasteiger partial charge in [0.1, 0.15) is 5.69 Å². The van der Waals surface area contributed by atoms with Crippen molar-refractivity contribution in [1.82, 2.24) is 15.4 Å². The normalized spacial score (nSPS) is 22.4. The van der Waals surface area contributed by atoms with Gasteiger partial charge in [0.2, 0.25) is 5.91 Å². The molecule has 2 aromatic rings. The van der Waals surface area contributed by atoms with E-state index in [2.05, 4.69) is 15.4 Å².